The van der Waals surface area contributed by atoms with E-state index in [1.807, 2.05) is 0 Å². The summed E-state index contributed by atoms with van der Waals surface area (Å²) in [7, 11) is 0. The van der Waals surface area contributed by atoms with Crippen LogP contribution in [0.15, 0.2) is 78.4 Å². The van der Waals surface area contributed by atoms with Crippen molar-refractivity contribution in [1.29, 1.82) is 0 Å². The quantitative estimate of drug-likeness (QED) is 0.659. The van der Waals surface area contributed by atoms with Crippen LogP contribution in [0.25, 0.3) is 0 Å². The molecule has 4 rings (SSSR count). The van der Waals surface area contributed by atoms with E-state index in [4.69, 9.17) is 0 Å². The fraction of sp³-hybridized carbons (Fsp3) is 0.300. The molecule has 0 heterocycles. The molecule has 1 saturated carbocycles. The molecule has 3 aliphatic rings. The Morgan fingerprint density at radius 3 is 2.65 bits per heavy atom. The molecule has 0 nitrogen and oxygen atoms in total. The molecule has 20 heavy (non-hydrogen) atoms. The molecule has 2 bridgehead atoms. The van der Waals surface area contributed by atoms with Crippen molar-refractivity contribution in [2.24, 2.45) is 11.8 Å². The number of hydrogen-bond donors (Lipinski definition) is 0. The van der Waals surface area contributed by atoms with Crippen LogP contribution in [-0.4, -0.2) is 0 Å². The van der Waals surface area contributed by atoms with Crippen LogP contribution in [0.5, 0.6) is 0 Å². The maximum Gasteiger partial charge on any atom is 0.0271 e. The van der Waals surface area contributed by atoms with Gasteiger partial charge in [0.2, 0.25) is 0 Å². The SMILES string of the molecule is C1=CCC=CC(C2(c3ccccc3)CC3C=CC2C3)=C1. The van der Waals surface area contributed by atoms with Crippen LogP contribution in [0.1, 0.15) is 24.8 Å². The van der Waals surface area contributed by atoms with E-state index in [1.54, 1.807) is 0 Å². The second-order valence-electron chi connectivity index (χ2n) is 6.22. The third kappa shape index (κ3) is 1.67. The summed E-state index contributed by atoms with van der Waals surface area (Å²) >= 11 is 0. The molecule has 0 saturated heterocycles. The van der Waals surface area contributed by atoms with E-state index in [-0.39, 0.29) is 5.41 Å². The van der Waals surface area contributed by atoms with E-state index in [1.165, 1.54) is 24.0 Å². The first-order chi connectivity index (χ1) is 9.89. The largest absolute Gasteiger partial charge is 0.0850 e. The number of rotatable bonds is 2. The van der Waals surface area contributed by atoms with Crippen LogP contribution in [0.2, 0.25) is 0 Å². The van der Waals surface area contributed by atoms with Gasteiger partial charge in [-0.05, 0) is 42.2 Å². The van der Waals surface area contributed by atoms with Gasteiger partial charge in [0.1, 0.15) is 0 Å². The molecule has 0 N–H and O–H groups in total. The molecule has 0 radical (unpaired) electrons. The highest BCUT2D eigenvalue weighted by molar-refractivity contribution is 5.49. The molecule has 3 aliphatic carbocycles. The number of fused-ring (bicyclic) bond motifs is 2. The average Bonchev–Trinajstić information content (AvgIpc) is 3.00. The van der Waals surface area contributed by atoms with Crippen molar-refractivity contribution < 1.29 is 0 Å². The highest BCUT2D eigenvalue weighted by atomic mass is 14.5. The number of benzene rings is 1. The van der Waals surface area contributed by atoms with Crippen LogP contribution in [0.3, 0.4) is 0 Å². The Hall–Kier alpha value is -1.82. The van der Waals surface area contributed by atoms with Gasteiger partial charge in [0, 0.05) is 5.41 Å². The lowest BCUT2D eigenvalue weighted by Crippen LogP contribution is -2.32. The Balaban J connectivity index is 1.89. The van der Waals surface area contributed by atoms with Gasteiger partial charge in [0.25, 0.3) is 0 Å². The highest BCUT2D eigenvalue weighted by Crippen LogP contribution is 2.57. The molecule has 0 spiro atoms. The topological polar surface area (TPSA) is 0 Å². The Labute approximate surface area is 121 Å². The summed E-state index contributed by atoms with van der Waals surface area (Å²) in [6.45, 7) is 0. The summed E-state index contributed by atoms with van der Waals surface area (Å²) in [6, 6.07) is 11.1. The van der Waals surface area contributed by atoms with E-state index in [0.717, 1.165) is 12.3 Å². The predicted octanol–water partition coefficient (Wildman–Crippen LogP) is 4.96. The summed E-state index contributed by atoms with van der Waals surface area (Å²) in [5, 5.41) is 0. The first-order valence-electron chi connectivity index (χ1n) is 7.67. The Bertz CT molecular complexity index is 615. The molecule has 0 amide bonds. The number of hydrogen-bond acceptors (Lipinski definition) is 0. The van der Waals surface area contributed by atoms with Crippen molar-refractivity contribution in [2.45, 2.75) is 24.7 Å². The van der Waals surface area contributed by atoms with Crippen molar-refractivity contribution >= 4 is 0 Å². The molecular formula is C20H20. The van der Waals surface area contributed by atoms with Gasteiger partial charge in [-0.25, -0.2) is 0 Å². The first-order valence-corrected chi connectivity index (χ1v) is 7.67. The van der Waals surface area contributed by atoms with Crippen LogP contribution in [-0.2, 0) is 5.41 Å². The normalized spacial score (nSPS) is 34.3. The molecule has 3 atom stereocenters. The molecule has 0 heteroatoms. The van der Waals surface area contributed by atoms with Gasteiger partial charge in [-0.2, -0.15) is 0 Å². The maximum atomic E-state index is 2.46. The molecule has 0 aliphatic heterocycles. The van der Waals surface area contributed by atoms with Gasteiger partial charge in [0.15, 0.2) is 0 Å². The smallest absolute Gasteiger partial charge is 0.0271 e. The van der Waals surface area contributed by atoms with Gasteiger partial charge in [-0.15, -0.1) is 0 Å². The predicted molar refractivity (Wildman–Crippen MR) is 84.5 cm³/mol. The summed E-state index contributed by atoms with van der Waals surface area (Å²) in [6.07, 6.45) is 20.0. The highest BCUT2D eigenvalue weighted by Gasteiger charge is 2.50. The first kappa shape index (κ1) is 12.0. The zero-order chi connectivity index (χ0) is 13.4. The Morgan fingerprint density at radius 2 is 1.90 bits per heavy atom. The van der Waals surface area contributed by atoms with Crippen molar-refractivity contribution in [3.63, 3.8) is 0 Å². The minimum absolute atomic E-state index is 0.200. The minimum Gasteiger partial charge on any atom is -0.0850 e. The molecule has 1 fully saturated rings. The van der Waals surface area contributed by atoms with Crippen molar-refractivity contribution in [3.05, 3.63) is 84.0 Å². The monoisotopic (exact) mass is 260 g/mol. The fourth-order valence-electron chi connectivity index (χ4n) is 4.30. The lowest BCUT2D eigenvalue weighted by molar-refractivity contribution is 0.431. The van der Waals surface area contributed by atoms with Crippen LogP contribution in [0, 0.1) is 11.8 Å². The third-order valence-electron chi connectivity index (χ3n) is 5.17. The standard InChI is InChI=1S/C20H20/c1-2-5-9-17(8-4-1)20(18-10-6-3-7-11-18)15-16-12-13-19(20)14-16/h1,3-13,16,19H,2,14-15H2. The van der Waals surface area contributed by atoms with Gasteiger partial charge in [-0.1, -0.05) is 72.9 Å². The molecular weight excluding hydrogens is 240 g/mol. The van der Waals surface area contributed by atoms with Crippen molar-refractivity contribution in [1.82, 2.24) is 0 Å². The lowest BCUT2D eigenvalue weighted by atomic mass is 9.65. The van der Waals surface area contributed by atoms with E-state index >= 15 is 0 Å². The van der Waals surface area contributed by atoms with Crippen LogP contribution >= 0.6 is 0 Å². The van der Waals surface area contributed by atoms with E-state index < -0.39 is 0 Å². The van der Waals surface area contributed by atoms with Crippen molar-refractivity contribution in [2.75, 3.05) is 0 Å². The zero-order valence-corrected chi connectivity index (χ0v) is 11.7. The lowest BCUT2D eigenvalue weighted by Gasteiger charge is -2.38. The van der Waals surface area contributed by atoms with E-state index in [0.29, 0.717) is 5.92 Å². The van der Waals surface area contributed by atoms with Crippen LogP contribution < -0.4 is 0 Å². The Morgan fingerprint density at radius 1 is 1.00 bits per heavy atom. The van der Waals surface area contributed by atoms with Crippen molar-refractivity contribution in [3.8, 4) is 0 Å². The molecule has 3 unspecified atom stereocenters. The summed E-state index contributed by atoms with van der Waals surface area (Å²) in [5.41, 5.74) is 3.18. The second kappa shape index (κ2) is 4.63. The van der Waals surface area contributed by atoms with E-state index in [2.05, 4.69) is 72.9 Å². The minimum atomic E-state index is 0.200. The van der Waals surface area contributed by atoms with Crippen LogP contribution in [0.4, 0.5) is 0 Å². The Kier molecular flexibility index (Phi) is 2.77. The molecule has 1 aromatic rings. The van der Waals surface area contributed by atoms with Gasteiger partial charge < -0.3 is 0 Å². The fourth-order valence-corrected chi connectivity index (χ4v) is 4.30. The van der Waals surface area contributed by atoms with Gasteiger partial charge >= 0.3 is 0 Å². The molecule has 1 aromatic carbocycles. The summed E-state index contributed by atoms with van der Waals surface area (Å²) in [4.78, 5) is 0. The maximum absolute atomic E-state index is 2.46. The summed E-state index contributed by atoms with van der Waals surface area (Å²) < 4.78 is 0. The average molecular weight is 260 g/mol. The van der Waals surface area contributed by atoms with Gasteiger partial charge in [0.05, 0.1) is 0 Å². The molecule has 100 valence electrons. The summed E-state index contributed by atoms with van der Waals surface area (Å²) in [5.74, 6) is 1.43. The van der Waals surface area contributed by atoms with Gasteiger partial charge in [-0.3, -0.25) is 0 Å². The number of allylic oxidation sites excluding steroid dienone is 8. The van der Waals surface area contributed by atoms with E-state index in [9.17, 15) is 0 Å². The zero-order valence-electron chi connectivity index (χ0n) is 11.7. The molecule has 0 aromatic heterocycles. The second-order valence-corrected chi connectivity index (χ2v) is 6.22. The third-order valence-corrected chi connectivity index (χ3v) is 5.17.